The lowest BCUT2D eigenvalue weighted by molar-refractivity contribution is 0.0387. The second-order valence-electron chi connectivity index (χ2n) is 4.74. The summed E-state index contributed by atoms with van der Waals surface area (Å²) < 4.78 is 5.27. The molecule has 1 fully saturated rings. The highest BCUT2D eigenvalue weighted by molar-refractivity contribution is 6.30. The van der Waals surface area contributed by atoms with Crippen LogP contribution in [0.5, 0.6) is 0 Å². The van der Waals surface area contributed by atoms with Crippen molar-refractivity contribution in [2.45, 2.75) is 0 Å². The Morgan fingerprint density at radius 1 is 1.38 bits per heavy atom. The van der Waals surface area contributed by atoms with Crippen LogP contribution in [0.2, 0.25) is 5.02 Å². The summed E-state index contributed by atoms with van der Waals surface area (Å²) >= 11 is 5.88. The van der Waals surface area contributed by atoms with Gasteiger partial charge in [0.25, 0.3) is 0 Å². The van der Waals surface area contributed by atoms with Crippen molar-refractivity contribution < 1.29 is 9.53 Å². The second kappa shape index (κ2) is 8.67. The maximum Gasteiger partial charge on any atom is 0.318 e. The Balaban J connectivity index is 1.63. The van der Waals surface area contributed by atoms with E-state index in [1.165, 1.54) is 0 Å². The highest BCUT2D eigenvalue weighted by Gasteiger charge is 2.09. The summed E-state index contributed by atoms with van der Waals surface area (Å²) in [5.74, 6) is 0. The SMILES string of the molecule is O=C(N/C=C/c1cccc(Cl)c1)NCCN1CCOCC1. The lowest BCUT2D eigenvalue weighted by Crippen LogP contribution is -2.42. The fourth-order valence-electron chi connectivity index (χ4n) is 2.03. The molecular weight excluding hydrogens is 290 g/mol. The molecule has 1 aliphatic heterocycles. The van der Waals surface area contributed by atoms with Crippen LogP contribution >= 0.6 is 11.6 Å². The van der Waals surface area contributed by atoms with Gasteiger partial charge in [-0.05, 0) is 23.8 Å². The van der Waals surface area contributed by atoms with Crippen molar-refractivity contribution in [1.29, 1.82) is 0 Å². The van der Waals surface area contributed by atoms with Crippen molar-refractivity contribution >= 4 is 23.7 Å². The minimum atomic E-state index is -0.207. The van der Waals surface area contributed by atoms with E-state index in [1.807, 2.05) is 24.3 Å². The first-order chi connectivity index (χ1) is 10.2. The summed E-state index contributed by atoms with van der Waals surface area (Å²) in [5, 5.41) is 6.16. The zero-order valence-electron chi connectivity index (χ0n) is 11.8. The highest BCUT2D eigenvalue weighted by atomic mass is 35.5. The maximum absolute atomic E-state index is 11.6. The molecule has 0 aliphatic carbocycles. The van der Waals surface area contributed by atoms with E-state index in [0.29, 0.717) is 11.6 Å². The third kappa shape index (κ3) is 6.16. The van der Waals surface area contributed by atoms with Crippen molar-refractivity contribution in [3.63, 3.8) is 0 Å². The number of rotatable bonds is 5. The van der Waals surface area contributed by atoms with Crippen molar-refractivity contribution in [1.82, 2.24) is 15.5 Å². The normalized spacial score (nSPS) is 16.0. The van der Waals surface area contributed by atoms with Gasteiger partial charge < -0.3 is 15.4 Å². The predicted octanol–water partition coefficient (Wildman–Crippen LogP) is 1.94. The van der Waals surface area contributed by atoms with Gasteiger partial charge in [0.05, 0.1) is 13.2 Å². The lowest BCUT2D eigenvalue weighted by Gasteiger charge is -2.26. The predicted molar refractivity (Wildman–Crippen MR) is 84.3 cm³/mol. The Hall–Kier alpha value is -1.56. The van der Waals surface area contributed by atoms with Crippen molar-refractivity contribution in [2.75, 3.05) is 39.4 Å². The first kappa shape index (κ1) is 15.8. The van der Waals surface area contributed by atoms with Crippen LogP contribution in [0.3, 0.4) is 0 Å². The molecule has 1 aliphatic rings. The molecule has 0 radical (unpaired) electrons. The Kier molecular flexibility index (Phi) is 6.53. The topological polar surface area (TPSA) is 53.6 Å². The fraction of sp³-hybridized carbons (Fsp3) is 0.400. The maximum atomic E-state index is 11.6. The number of amides is 2. The zero-order valence-corrected chi connectivity index (χ0v) is 12.6. The Labute approximate surface area is 129 Å². The van der Waals surface area contributed by atoms with E-state index in [2.05, 4.69) is 15.5 Å². The van der Waals surface area contributed by atoms with Crippen LogP contribution in [-0.4, -0.2) is 50.3 Å². The van der Waals surface area contributed by atoms with Gasteiger partial charge in [-0.2, -0.15) is 0 Å². The number of morpholine rings is 1. The summed E-state index contributed by atoms with van der Waals surface area (Å²) in [6.07, 6.45) is 3.41. The minimum absolute atomic E-state index is 0.207. The van der Waals surface area contributed by atoms with E-state index < -0.39 is 0 Å². The molecular formula is C15H20ClN3O2. The van der Waals surface area contributed by atoms with Gasteiger partial charge >= 0.3 is 6.03 Å². The number of nitrogens with one attached hydrogen (secondary N) is 2. The van der Waals surface area contributed by atoms with Crippen molar-refractivity contribution in [2.24, 2.45) is 0 Å². The van der Waals surface area contributed by atoms with Gasteiger partial charge in [0.2, 0.25) is 0 Å². The van der Waals surface area contributed by atoms with Crippen LogP contribution in [0, 0.1) is 0 Å². The molecule has 1 heterocycles. The van der Waals surface area contributed by atoms with Gasteiger partial charge in [0.15, 0.2) is 0 Å². The van der Waals surface area contributed by atoms with Gasteiger partial charge in [-0.1, -0.05) is 23.7 Å². The molecule has 1 saturated heterocycles. The molecule has 2 rings (SSSR count). The molecule has 2 N–H and O–H groups in total. The van der Waals surface area contributed by atoms with E-state index in [1.54, 1.807) is 12.3 Å². The van der Waals surface area contributed by atoms with Gasteiger partial charge in [0.1, 0.15) is 0 Å². The van der Waals surface area contributed by atoms with Crippen molar-refractivity contribution in [3.8, 4) is 0 Å². The monoisotopic (exact) mass is 309 g/mol. The lowest BCUT2D eigenvalue weighted by atomic mass is 10.2. The van der Waals surface area contributed by atoms with E-state index in [-0.39, 0.29) is 6.03 Å². The molecule has 5 nitrogen and oxygen atoms in total. The highest BCUT2D eigenvalue weighted by Crippen LogP contribution is 2.11. The molecule has 0 atom stereocenters. The van der Waals surface area contributed by atoms with Gasteiger partial charge in [0, 0.05) is 37.4 Å². The van der Waals surface area contributed by atoms with Crippen LogP contribution in [0.1, 0.15) is 5.56 Å². The molecule has 0 saturated carbocycles. The molecule has 114 valence electrons. The van der Waals surface area contributed by atoms with Gasteiger partial charge in [-0.25, -0.2) is 4.79 Å². The average Bonchev–Trinajstić information content (AvgIpc) is 2.48. The molecule has 0 bridgehead atoms. The summed E-state index contributed by atoms with van der Waals surface area (Å²) in [6, 6.07) is 7.22. The first-order valence-corrected chi connectivity index (χ1v) is 7.38. The van der Waals surface area contributed by atoms with Crippen LogP contribution < -0.4 is 10.6 Å². The van der Waals surface area contributed by atoms with Crippen LogP contribution in [0.4, 0.5) is 4.79 Å². The molecule has 1 aromatic carbocycles. The number of benzene rings is 1. The summed E-state index contributed by atoms with van der Waals surface area (Å²) in [7, 11) is 0. The van der Waals surface area contributed by atoms with Gasteiger partial charge in [-0.15, -0.1) is 0 Å². The van der Waals surface area contributed by atoms with E-state index in [0.717, 1.165) is 38.4 Å². The molecule has 1 aromatic rings. The summed E-state index contributed by atoms with van der Waals surface area (Å²) in [6.45, 7) is 4.87. The third-order valence-corrected chi connectivity index (χ3v) is 3.39. The largest absolute Gasteiger partial charge is 0.379 e. The molecule has 6 heteroatoms. The summed E-state index contributed by atoms with van der Waals surface area (Å²) in [5.41, 5.74) is 0.941. The average molecular weight is 310 g/mol. The number of nitrogens with zero attached hydrogens (tertiary/aromatic N) is 1. The number of urea groups is 1. The molecule has 0 spiro atoms. The molecule has 0 aromatic heterocycles. The standard InChI is InChI=1S/C15H20ClN3O2/c16-14-3-1-2-13(12-14)4-5-17-15(20)18-6-7-19-8-10-21-11-9-19/h1-5,12H,6-11H2,(H2,17,18,20)/b5-4+. The first-order valence-electron chi connectivity index (χ1n) is 7.00. The van der Waals surface area contributed by atoms with Gasteiger partial charge in [-0.3, -0.25) is 4.90 Å². The Bertz CT molecular complexity index is 488. The minimum Gasteiger partial charge on any atom is -0.379 e. The quantitative estimate of drug-likeness (QED) is 0.874. The molecule has 2 amide bonds. The van der Waals surface area contributed by atoms with Crippen LogP contribution in [0.25, 0.3) is 6.08 Å². The smallest absolute Gasteiger partial charge is 0.318 e. The summed E-state index contributed by atoms with van der Waals surface area (Å²) in [4.78, 5) is 13.9. The number of ether oxygens (including phenoxy) is 1. The zero-order chi connectivity index (χ0) is 14.9. The number of hydrogen-bond acceptors (Lipinski definition) is 3. The second-order valence-corrected chi connectivity index (χ2v) is 5.18. The van der Waals surface area contributed by atoms with Crippen LogP contribution in [0.15, 0.2) is 30.5 Å². The number of carbonyl (C=O) groups is 1. The number of carbonyl (C=O) groups excluding carboxylic acids is 1. The number of hydrogen-bond donors (Lipinski definition) is 2. The molecule has 0 unspecified atom stereocenters. The number of halogens is 1. The van der Waals surface area contributed by atoms with Crippen molar-refractivity contribution in [3.05, 3.63) is 41.1 Å². The third-order valence-electron chi connectivity index (χ3n) is 3.16. The van der Waals surface area contributed by atoms with E-state index in [9.17, 15) is 4.79 Å². The van der Waals surface area contributed by atoms with E-state index in [4.69, 9.17) is 16.3 Å². The Morgan fingerprint density at radius 3 is 2.95 bits per heavy atom. The Morgan fingerprint density at radius 2 is 2.19 bits per heavy atom. The van der Waals surface area contributed by atoms with E-state index >= 15 is 0 Å². The fourth-order valence-corrected chi connectivity index (χ4v) is 2.23. The molecule has 21 heavy (non-hydrogen) atoms. The van der Waals surface area contributed by atoms with Crippen LogP contribution in [-0.2, 0) is 4.74 Å².